The molecule has 0 aromatic heterocycles. The Morgan fingerprint density at radius 2 is 1.52 bits per heavy atom. The van der Waals surface area contributed by atoms with E-state index in [4.69, 9.17) is 4.74 Å². The van der Waals surface area contributed by atoms with Crippen molar-refractivity contribution in [3.63, 3.8) is 0 Å². The fraction of sp³-hybridized carbons (Fsp3) is 0.429. The molecule has 1 rings (SSSR count). The Labute approximate surface area is 118 Å². The first kappa shape index (κ1) is 17.1. The van der Waals surface area contributed by atoms with Crippen molar-refractivity contribution in [1.29, 1.82) is 0 Å². The Bertz CT molecular complexity index is 583. The summed E-state index contributed by atoms with van der Waals surface area (Å²) in [7, 11) is 0. The normalized spacial score (nSPS) is 12.2. The molecule has 0 aliphatic rings. The molecule has 0 heterocycles. The summed E-state index contributed by atoms with van der Waals surface area (Å²) >= 11 is 0. The molecule has 0 aliphatic heterocycles. The topological polar surface area (TPSA) is 43.4 Å². The molecule has 0 fully saturated rings. The van der Waals surface area contributed by atoms with Crippen molar-refractivity contribution in [1.82, 2.24) is 0 Å². The molecule has 0 bridgehead atoms. The highest BCUT2D eigenvalue weighted by molar-refractivity contribution is 5.98. The van der Waals surface area contributed by atoms with Gasteiger partial charge in [-0.2, -0.15) is 13.2 Å². The maximum atomic E-state index is 14.0. The van der Waals surface area contributed by atoms with Crippen molar-refractivity contribution in [3.05, 3.63) is 34.6 Å². The lowest BCUT2D eigenvalue weighted by atomic mass is 10.0. The zero-order valence-electron chi connectivity index (χ0n) is 11.9. The fourth-order valence-corrected chi connectivity index (χ4v) is 1.53. The van der Waals surface area contributed by atoms with E-state index in [2.05, 4.69) is 0 Å². The summed E-state index contributed by atoms with van der Waals surface area (Å²) in [6.45, 7) is 5.38. The highest BCUT2D eigenvalue weighted by atomic mass is 19.4. The van der Waals surface area contributed by atoms with Crippen LogP contribution in [0.1, 0.15) is 54.0 Å². The third-order valence-electron chi connectivity index (χ3n) is 2.40. The van der Waals surface area contributed by atoms with Gasteiger partial charge in [0.05, 0.1) is 16.7 Å². The number of halogens is 4. The number of ketones is 1. The molecule has 116 valence electrons. The molecule has 0 spiro atoms. The molecule has 0 amide bonds. The zero-order chi connectivity index (χ0) is 16.6. The maximum absolute atomic E-state index is 14.0. The van der Waals surface area contributed by atoms with E-state index in [0.29, 0.717) is 12.1 Å². The molecular formula is C14H14F4O3. The minimum absolute atomic E-state index is 0.343. The van der Waals surface area contributed by atoms with E-state index >= 15 is 0 Å². The lowest BCUT2D eigenvalue weighted by Gasteiger charge is -2.20. The number of carbonyl (C=O) groups excluding carboxylic acids is 2. The summed E-state index contributed by atoms with van der Waals surface area (Å²) in [5, 5.41) is 0. The predicted molar refractivity (Wildman–Crippen MR) is 66.6 cm³/mol. The first-order valence-corrected chi connectivity index (χ1v) is 5.98. The van der Waals surface area contributed by atoms with Crippen LogP contribution in [0.25, 0.3) is 0 Å². The summed E-state index contributed by atoms with van der Waals surface area (Å²) in [5.41, 5.74) is -4.00. The number of carbonyl (C=O) groups is 2. The molecule has 1 aromatic rings. The lowest BCUT2D eigenvalue weighted by Crippen LogP contribution is -2.25. The van der Waals surface area contributed by atoms with Gasteiger partial charge in [-0.15, -0.1) is 0 Å². The van der Waals surface area contributed by atoms with Crippen LogP contribution in [0.3, 0.4) is 0 Å². The van der Waals surface area contributed by atoms with E-state index in [1.54, 1.807) is 0 Å². The van der Waals surface area contributed by atoms with Crippen molar-refractivity contribution in [3.8, 4) is 0 Å². The van der Waals surface area contributed by atoms with Gasteiger partial charge in [0, 0.05) is 0 Å². The Morgan fingerprint density at radius 3 is 1.90 bits per heavy atom. The Morgan fingerprint density at radius 1 is 1.05 bits per heavy atom. The quantitative estimate of drug-likeness (QED) is 0.471. The number of Topliss-reactive ketones (excluding diaryl/α,β-unsaturated/α-hetero) is 1. The van der Waals surface area contributed by atoms with Crippen molar-refractivity contribution >= 4 is 11.8 Å². The number of ether oxygens (including phenoxy) is 1. The third kappa shape index (κ3) is 4.27. The summed E-state index contributed by atoms with van der Waals surface area (Å²) in [5.74, 6) is -3.48. The van der Waals surface area contributed by atoms with Crippen molar-refractivity contribution in [2.45, 2.75) is 39.5 Å². The van der Waals surface area contributed by atoms with Gasteiger partial charge in [0.25, 0.3) is 0 Å². The Kier molecular flexibility index (Phi) is 4.45. The molecule has 0 atom stereocenters. The van der Waals surface area contributed by atoms with Crippen LogP contribution < -0.4 is 0 Å². The van der Waals surface area contributed by atoms with Gasteiger partial charge in [-0.1, -0.05) is 0 Å². The molecule has 7 heteroatoms. The molecule has 1 aromatic carbocycles. The first-order valence-electron chi connectivity index (χ1n) is 5.98. The van der Waals surface area contributed by atoms with Gasteiger partial charge in [0.15, 0.2) is 5.78 Å². The van der Waals surface area contributed by atoms with Crippen LogP contribution in [0, 0.1) is 5.82 Å². The molecule has 0 saturated heterocycles. The van der Waals surface area contributed by atoms with Gasteiger partial charge < -0.3 is 4.74 Å². The van der Waals surface area contributed by atoms with E-state index in [1.165, 1.54) is 20.8 Å². The Balaban J connectivity index is 3.47. The average Bonchev–Trinajstić information content (AvgIpc) is 2.24. The molecule has 0 unspecified atom stereocenters. The number of hydrogen-bond acceptors (Lipinski definition) is 3. The van der Waals surface area contributed by atoms with Gasteiger partial charge in [-0.25, -0.2) is 9.18 Å². The SMILES string of the molecule is CC(=O)c1cc(C(F)(F)F)cc(C(=O)OC(C)(C)C)c1F. The van der Waals surface area contributed by atoms with Crippen LogP contribution in [0.2, 0.25) is 0 Å². The standard InChI is InChI=1S/C14H14F4O3/c1-7(19)9-5-8(14(16,17)18)6-10(11(9)15)12(20)21-13(2,3)4/h5-6H,1-4H3. The number of alkyl halides is 3. The van der Waals surface area contributed by atoms with E-state index in [9.17, 15) is 27.2 Å². The molecule has 21 heavy (non-hydrogen) atoms. The third-order valence-corrected chi connectivity index (χ3v) is 2.40. The molecule has 0 saturated carbocycles. The van der Waals surface area contributed by atoms with E-state index in [1.807, 2.05) is 0 Å². The maximum Gasteiger partial charge on any atom is 0.416 e. The van der Waals surface area contributed by atoms with Crippen molar-refractivity contribution in [2.75, 3.05) is 0 Å². The van der Waals surface area contributed by atoms with E-state index in [-0.39, 0.29) is 0 Å². The van der Waals surface area contributed by atoms with Gasteiger partial charge in [0.2, 0.25) is 0 Å². The highest BCUT2D eigenvalue weighted by Gasteiger charge is 2.34. The fourth-order valence-electron chi connectivity index (χ4n) is 1.53. The minimum atomic E-state index is -4.81. The average molecular weight is 306 g/mol. The van der Waals surface area contributed by atoms with Gasteiger partial charge in [-0.3, -0.25) is 4.79 Å². The lowest BCUT2D eigenvalue weighted by molar-refractivity contribution is -0.137. The summed E-state index contributed by atoms with van der Waals surface area (Å²) in [6.07, 6.45) is -4.81. The Hall–Kier alpha value is -1.92. The van der Waals surface area contributed by atoms with E-state index < -0.39 is 46.0 Å². The van der Waals surface area contributed by atoms with Crippen molar-refractivity contribution in [2.24, 2.45) is 0 Å². The smallest absolute Gasteiger partial charge is 0.416 e. The van der Waals surface area contributed by atoms with Crippen LogP contribution in [-0.4, -0.2) is 17.4 Å². The van der Waals surface area contributed by atoms with E-state index in [0.717, 1.165) is 6.92 Å². The molecule has 3 nitrogen and oxygen atoms in total. The van der Waals surface area contributed by atoms with Crippen LogP contribution in [0.4, 0.5) is 17.6 Å². The van der Waals surface area contributed by atoms with Crippen LogP contribution in [0.5, 0.6) is 0 Å². The zero-order valence-corrected chi connectivity index (χ0v) is 11.9. The number of hydrogen-bond donors (Lipinski definition) is 0. The predicted octanol–water partition coefficient (Wildman–Crippen LogP) is 4.00. The second-order valence-corrected chi connectivity index (χ2v) is 5.44. The van der Waals surface area contributed by atoms with Crippen LogP contribution in [-0.2, 0) is 10.9 Å². The largest absolute Gasteiger partial charge is 0.456 e. The first-order chi connectivity index (χ1) is 9.33. The highest BCUT2D eigenvalue weighted by Crippen LogP contribution is 2.32. The van der Waals surface area contributed by atoms with Crippen molar-refractivity contribution < 1.29 is 31.9 Å². The van der Waals surface area contributed by atoms with Gasteiger partial charge in [-0.05, 0) is 39.8 Å². The summed E-state index contributed by atoms with van der Waals surface area (Å²) in [4.78, 5) is 23.0. The van der Waals surface area contributed by atoms with Crippen LogP contribution in [0.15, 0.2) is 12.1 Å². The number of benzene rings is 1. The monoisotopic (exact) mass is 306 g/mol. The minimum Gasteiger partial charge on any atom is -0.456 e. The molecule has 0 radical (unpaired) electrons. The van der Waals surface area contributed by atoms with Gasteiger partial charge in [0.1, 0.15) is 11.4 Å². The van der Waals surface area contributed by atoms with Crippen LogP contribution >= 0.6 is 0 Å². The second kappa shape index (κ2) is 5.46. The molecule has 0 aliphatic carbocycles. The molecular weight excluding hydrogens is 292 g/mol. The van der Waals surface area contributed by atoms with Gasteiger partial charge >= 0.3 is 12.1 Å². The number of rotatable bonds is 2. The summed E-state index contributed by atoms with van der Waals surface area (Å²) in [6, 6.07) is 0.724. The number of esters is 1. The molecule has 0 N–H and O–H groups in total. The summed E-state index contributed by atoms with van der Waals surface area (Å²) < 4.78 is 57.2. The second-order valence-electron chi connectivity index (χ2n) is 5.44.